The van der Waals surface area contributed by atoms with Gasteiger partial charge in [0.05, 0.1) is 0 Å². The van der Waals surface area contributed by atoms with Crippen molar-refractivity contribution in [2.75, 3.05) is 0 Å². The average Bonchev–Trinajstić information content (AvgIpc) is 2.19. The third-order valence-electron chi connectivity index (χ3n) is 0.906. The summed E-state index contributed by atoms with van der Waals surface area (Å²) in [5.41, 5.74) is 0. The van der Waals surface area contributed by atoms with E-state index in [1.165, 1.54) is 0 Å². The Labute approximate surface area is 111 Å². The topological polar surface area (TPSA) is 129 Å². The molecule has 0 spiro atoms. The second kappa shape index (κ2) is 17.1. The molecule has 0 amide bonds. The van der Waals surface area contributed by atoms with Crippen molar-refractivity contribution in [3.63, 3.8) is 0 Å². The summed E-state index contributed by atoms with van der Waals surface area (Å²) in [4.78, 5) is 37.6. The van der Waals surface area contributed by atoms with Gasteiger partial charge >= 0.3 is 17.9 Å². The molecule has 0 fully saturated rings. The normalized spacial score (nSPS) is 7.00. The smallest absolute Gasteiger partial charge is 0.371 e. The molecule has 0 aliphatic carbocycles. The minimum atomic E-state index is -1.38. The van der Waals surface area contributed by atoms with E-state index in [0.717, 1.165) is 6.92 Å². The Morgan fingerprint density at radius 1 is 0.824 bits per heavy atom. The Morgan fingerprint density at radius 2 is 0.941 bits per heavy atom. The van der Waals surface area contributed by atoms with Crippen LogP contribution in [0, 0.1) is 0 Å². The van der Waals surface area contributed by atoms with E-state index in [2.05, 4.69) is 0 Å². The first-order valence-electron chi connectivity index (χ1n) is 4.36. The first-order valence-corrected chi connectivity index (χ1v) is 4.36. The predicted octanol–water partition coefficient (Wildman–Crippen LogP) is 0.619. The van der Waals surface area contributed by atoms with Crippen LogP contribution in [0.3, 0.4) is 0 Å². The molecule has 0 saturated heterocycles. The Balaban J connectivity index is -0.0000000729. The minimum Gasteiger partial charge on any atom is -0.481 e. The van der Waals surface area contributed by atoms with Crippen LogP contribution in [0.5, 0.6) is 0 Å². The van der Waals surface area contributed by atoms with E-state index >= 15 is 0 Å². The van der Waals surface area contributed by atoms with Crippen LogP contribution in [0.1, 0.15) is 33.6 Å². The van der Waals surface area contributed by atoms with Crippen LogP contribution < -0.4 is 0 Å². The van der Waals surface area contributed by atoms with Gasteiger partial charge in [-0.2, -0.15) is 0 Å². The molecular formula is C9H16O7V. The van der Waals surface area contributed by atoms with E-state index in [9.17, 15) is 19.2 Å². The molecule has 0 aromatic rings. The monoisotopic (exact) mass is 287 g/mol. The summed E-state index contributed by atoms with van der Waals surface area (Å²) in [6.45, 7) is 4.20. The predicted molar refractivity (Wildman–Crippen MR) is 54.2 cm³/mol. The molecule has 0 saturated carbocycles. The Hall–Kier alpha value is -1.34. The number of Topliss-reactive ketones (excluding diaryl/α,β-unsaturated/α-hetero) is 1. The fraction of sp³-hybridized carbons (Fsp3) is 0.556. The van der Waals surface area contributed by atoms with Gasteiger partial charge in [-0.1, -0.05) is 13.8 Å². The van der Waals surface area contributed by atoms with E-state index < -0.39 is 23.7 Å². The number of aliphatic carboxylic acids is 3. The number of carbonyl (C=O) groups is 4. The number of carboxylic acid groups (broad SMARTS) is 3. The molecule has 0 rings (SSSR count). The van der Waals surface area contributed by atoms with Gasteiger partial charge in [-0.25, -0.2) is 4.79 Å². The number of ketones is 1. The summed E-state index contributed by atoms with van der Waals surface area (Å²) < 4.78 is 0. The van der Waals surface area contributed by atoms with Crippen LogP contribution in [0.25, 0.3) is 0 Å². The van der Waals surface area contributed by atoms with Crippen LogP contribution >= 0.6 is 0 Å². The van der Waals surface area contributed by atoms with Crippen LogP contribution in [0.15, 0.2) is 0 Å². The first-order chi connectivity index (χ1) is 7.18. The van der Waals surface area contributed by atoms with Gasteiger partial charge in [0, 0.05) is 38.3 Å². The van der Waals surface area contributed by atoms with E-state index in [1.807, 2.05) is 0 Å². The van der Waals surface area contributed by atoms with Crippen molar-refractivity contribution in [1.29, 1.82) is 0 Å². The summed E-state index contributed by atoms with van der Waals surface area (Å²) >= 11 is 0. The maximum absolute atomic E-state index is 9.54. The van der Waals surface area contributed by atoms with Crippen LogP contribution in [-0.2, 0) is 37.7 Å². The summed E-state index contributed by atoms with van der Waals surface area (Å²) in [6.07, 6.45) is 0.444. The van der Waals surface area contributed by atoms with Gasteiger partial charge < -0.3 is 15.3 Å². The van der Waals surface area contributed by atoms with Crippen molar-refractivity contribution < 1.29 is 53.1 Å². The zero-order chi connectivity index (χ0) is 13.7. The van der Waals surface area contributed by atoms with Gasteiger partial charge in [0.15, 0.2) is 0 Å². The van der Waals surface area contributed by atoms with Gasteiger partial charge in [-0.3, -0.25) is 14.4 Å². The van der Waals surface area contributed by atoms with Crippen LogP contribution in [0.4, 0.5) is 0 Å². The molecule has 7 nitrogen and oxygen atoms in total. The Morgan fingerprint density at radius 3 is 0.941 bits per heavy atom. The van der Waals surface area contributed by atoms with Gasteiger partial charge in [-0.05, 0) is 0 Å². The quantitative estimate of drug-likeness (QED) is 0.649. The van der Waals surface area contributed by atoms with Gasteiger partial charge in [0.2, 0.25) is 5.78 Å². The van der Waals surface area contributed by atoms with Gasteiger partial charge in [0.25, 0.3) is 0 Å². The molecule has 17 heavy (non-hydrogen) atoms. The largest absolute Gasteiger partial charge is 0.481 e. The van der Waals surface area contributed by atoms with Gasteiger partial charge in [0.1, 0.15) is 0 Å². The van der Waals surface area contributed by atoms with Crippen LogP contribution in [0.2, 0.25) is 0 Å². The second-order valence-corrected chi connectivity index (χ2v) is 2.36. The molecular weight excluding hydrogens is 271 g/mol. The molecule has 0 heterocycles. The molecule has 0 unspecified atom stereocenters. The molecule has 0 aromatic heterocycles. The van der Waals surface area contributed by atoms with Crippen molar-refractivity contribution in [2.24, 2.45) is 0 Å². The Kier molecular flexibility index (Phi) is 24.9. The van der Waals surface area contributed by atoms with Crippen molar-refractivity contribution >= 4 is 23.7 Å². The molecule has 3 N–H and O–H groups in total. The fourth-order valence-electron chi connectivity index (χ4n) is 0. The molecule has 99 valence electrons. The molecule has 0 aromatic carbocycles. The summed E-state index contributed by atoms with van der Waals surface area (Å²) in [5, 5.41) is 23.1. The van der Waals surface area contributed by atoms with Gasteiger partial charge in [-0.15, -0.1) is 0 Å². The van der Waals surface area contributed by atoms with Crippen LogP contribution in [-0.4, -0.2) is 39.0 Å². The zero-order valence-electron chi connectivity index (χ0n) is 9.84. The molecule has 0 atom stereocenters. The van der Waals surface area contributed by atoms with Crippen molar-refractivity contribution in [2.45, 2.75) is 33.6 Å². The first kappa shape index (κ1) is 24.8. The maximum Gasteiger partial charge on any atom is 0.371 e. The molecule has 0 aliphatic rings. The van der Waals surface area contributed by atoms with E-state index in [0.29, 0.717) is 0 Å². The summed E-state index contributed by atoms with van der Waals surface area (Å²) in [6, 6.07) is 0. The third kappa shape index (κ3) is 53.0. The summed E-state index contributed by atoms with van der Waals surface area (Å²) in [7, 11) is 0. The maximum atomic E-state index is 9.54. The SMILES string of the molecule is CC(=O)C(=O)O.CCC(=O)O.CCC(=O)O.[V]. The number of hydrogen-bond acceptors (Lipinski definition) is 4. The molecule has 0 bridgehead atoms. The van der Waals surface area contributed by atoms with Crippen molar-refractivity contribution in [1.82, 2.24) is 0 Å². The van der Waals surface area contributed by atoms with E-state index in [-0.39, 0.29) is 31.4 Å². The molecule has 0 aliphatic heterocycles. The van der Waals surface area contributed by atoms with E-state index in [1.54, 1.807) is 13.8 Å². The molecule has 1 radical (unpaired) electrons. The average molecular weight is 287 g/mol. The fourth-order valence-corrected chi connectivity index (χ4v) is 0. The van der Waals surface area contributed by atoms with E-state index in [4.69, 9.17) is 15.3 Å². The third-order valence-corrected chi connectivity index (χ3v) is 0.906. The van der Waals surface area contributed by atoms with Crippen molar-refractivity contribution in [3.8, 4) is 0 Å². The standard InChI is InChI=1S/C3H4O3.2C3H6O2.V/c1-2(4)3(5)6;2*1-2-3(4)5;/h1H3,(H,5,6);2*2H2,1H3,(H,4,5);. The number of carboxylic acids is 3. The number of carbonyl (C=O) groups excluding carboxylic acids is 1. The Bertz CT molecular complexity index is 224. The van der Waals surface area contributed by atoms with Crippen molar-refractivity contribution in [3.05, 3.63) is 0 Å². The molecule has 8 heteroatoms. The number of rotatable bonds is 3. The second-order valence-electron chi connectivity index (χ2n) is 2.36. The summed E-state index contributed by atoms with van der Waals surface area (Å²) in [5.74, 6) is -3.69. The minimum absolute atomic E-state index is 0. The zero-order valence-corrected chi connectivity index (χ0v) is 11.2. The number of hydrogen-bond donors (Lipinski definition) is 3.